The predicted octanol–water partition coefficient (Wildman–Crippen LogP) is 1.86. The van der Waals surface area contributed by atoms with Crippen LogP contribution in [0.2, 0.25) is 0 Å². The van der Waals surface area contributed by atoms with Crippen molar-refractivity contribution in [3.8, 4) is 0 Å². The topological polar surface area (TPSA) is 70.0 Å². The van der Waals surface area contributed by atoms with Crippen molar-refractivity contribution in [2.45, 2.75) is 51.1 Å². The normalized spacial score (nSPS) is 29.9. The number of methoxy groups -OCH3 is 4. The Hall–Kier alpha value is -0.690. The second kappa shape index (κ2) is 8.08. The van der Waals surface area contributed by atoms with Gasteiger partial charge < -0.3 is 23.7 Å². The van der Waals surface area contributed by atoms with E-state index >= 15 is 0 Å². The fourth-order valence-electron chi connectivity index (χ4n) is 2.85. The molecule has 1 heterocycles. The molecule has 0 unspecified atom stereocenters. The van der Waals surface area contributed by atoms with E-state index in [0.717, 1.165) is 0 Å². The quantitative estimate of drug-likeness (QED) is 0.574. The first-order chi connectivity index (χ1) is 9.90. The SMILES string of the molecule is COC[C@H](C[C@H]1O[C@H](C(=N)OC)C[C@@H](OC)C1(C)C)OC. The molecule has 1 N–H and O–H groups in total. The van der Waals surface area contributed by atoms with Crippen LogP contribution in [0.1, 0.15) is 26.7 Å². The zero-order valence-electron chi connectivity index (χ0n) is 14.0. The van der Waals surface area contributed by atoms with Gasteiger partial charge in [-0.05, 0) is 0 Å². The molecule has 1 aliphatic rings. The Morgan fingerprint density at radius 3 is 2.43 bits per heavy atom. The lowest BCUT2D eigenvalue weighted by Crippen LogP contribution is -2.54. The van der Waals surface area contributed by atoms with Gasteiger partial charge in [-0.25, -0.2) is 0 Å². The minimum absolute atomic E-state index is 0.00296. The average Bonchev–Trinajstić information content (AvgIpc) is 2.47. The van der Waals surface area contributed by atoms with E-state index in [2.05, 4.69) is 13.8 Å². The van der Waals surface area contributed by atoms with Gasteiger partial charge >= 0.3 is 0 Å². The molecule has 0 aliphatic carbocycles. The first kappa shape index (κ1) is 18.4. The van der Waals surface area contributed by atoms with E-state index < -0.39 is 0 Å². The summed E-state index contributed by atoms with van der Waals surface area (Å²) in [5.41, 5.74) is -0.177. The molecule has 4 atom stereocenters. The van der Waals surface area contributed by atoms with Gasteiger partial charge in [0, 0.05) is 39.6 Å². The molecule has 1 saturated heterocycles. The van der Waals surface area contributed by atoms with Gasteiger partial charge in [0.2, 0.25) is 5.90 Å². The number of rotatable bonds is 7. The van der Waals surface area contributed by atoms with Gasteiger partial charge in [-0.1, -0.05) is 13.8 Å². The van der Waals surface area contributed by atoms with E-state index in [1.165, 1.54) is 7.11 Å². The van der Waals surface area contributed by atoms with E-state index in [1.807, 2.05) is 0 Å². The van der Waals surface area contributed by atoms with Crippen LogP contribution in [0.4, 0.5) is 0 Å². The fourth-order valence-corrected chi connectivity index (χ4v) is 2.85. The predicted molar refractivity (Wildman–Crippen MR) is 79.9 cm³/mol. The van der Waals surface area contributed by atoms with E-state index in [4.69, 9.17) is 29.1 Å². The molecule has 0 amide bonds. The van der Waals surface area contributed by atoms with Gasteiger partial charge in [-0.2, -0.15) is 0 Å². The molecule has 1 fully saturated rings. The van der Waals surface area contributed by atoms with Gasteiger partial charge in [0.25, 0.3) is 0 Å². The Bertz CT molecular complexity index is 334. The Labute approximate surface area is 127 Å². The first-order valence-corrected chi connectivity index (χ1v) is 7.23. The van der Waals surface area contributed by atoms with Crippen molar-refractivity contribution in [3.05, 3.63) is 0 Å². The summed E-state index contributed by atoms with van der Waals surface area (Å²) in [5.74, 6) is 0.137. The minimum Gasteiger partial charge on any atom is -0.483 e. The summed E-state index contributed by atoms with van der Waals surface area (Å²) in [5, 5.41) is 7.87. The third kappa shape index (κ3) is 4.39. The van der Waals surface area contributed by atoms with E-state index in [0.29, 0.717) is 19.4 Å². The van der Waals surface area contributed by atoms with Crippen LogP contribution in [-0.4, -0.2) is 65.4 Å². The summed E-state index contributed by atoms with van der Waals surface area (Å²) in [6.45, 7) is 4.76. The van der Waals surface area contributed by atoms with Crippen LogP contribution in [0.25, 0.3) is 0 Å². The Kier molecular flexibility index (Phi) is 7.06. The van der Waals surface area contributed by atoms with Crippen molar-refractivity contribution in [2.75, 3.05) is 35.0 Å². The highest BCUT2D eigenvalue weighted by molar-refractivity contribution is 5.77. The van der Waals surface area contributed by atoms with Crippen molar-refractivity contribution in [2.24, 2.45) is 5.41 Å². The maximum atomic E-state index is 7.87. The monoisotopic (exact) mass is 303 g/mol. The number of hydrogen-bond acceptors (Lipinski definition) is 6. The van der Waals surface area contributed by atoms with Gasteiger partial charge in [-0.15, -0.1) is 0 Å². The highest BCUT2D eigenvalue weighted by atomic mass is 16.6. The number of hydrogen-bond donors (Lipinski definition) is 1. The van der Waals surface area contributed by atoms with Crippen LogP contribution >= 0.6 is 0 Å². The molecule has 21 heavy (non-hydrogen) atoms. The van der Waals surface area contributed by atoms with Gasteiger partial charge in [0.1, 0.15) is 6.10 Å². The van der Waals surface area contributed by atoms with Crippen molar-refractivity contribution in [1.82, 2.24) is 0 Å². The summed E-state index contributed by atoms with van der Waals surface area (Å²) >= 11 is 0. The van der Waals surface area contributed by atoms with Crippen LogP contribution < -0.4 is 0 Å². The summed E-state index contributed by atoms with van der Waals surface area (Å²) in [7, 11) is 6.51. The zero-order chi connectivity index (χ0) is 16.0. The maximum absolute atomic E-state index is 7.87. The highest BCUT2D eigenvalue weighted by Crippen LogP contribution is 2.40. The molecule has 1 aliphatic heterocycles. The van der Waals surface area contributed by atoms with Crippen LogP contribution in [0.15, 0.2) is 0 Å². The van der Waals surface area contributed by atoms with Crippen molar-refractivity contribution in [1.29, 1.82) is 5.41 Å². The van der Waals surface area contributed by atoms with E-state index in [1.54, 1.807) is 21.3 Å². The Balaban J connectivity index is 2.87. The van der Waals surface area contributed by atoms with E-state index in [-0.39, 0.29) is 35.7 Å². The summed E-state index contributed by atoms with van der Waals surface area (Å²) in [6.07, 6.45) is 0.776. The van der Waals surface area contributed by atoms with Crippen LogP contribution in [0.5, 0.6) is 0 Å². The third-order valence-corrected chi connectivity index (χ3v) is 4.38. The molecule has 0 bridgehead atoms. The summed E-state index contributed by atoms with van der Waals surface area (Å²) < 4.78 is 27.4. The lowest BCUT2D eigenvalue weighted by atomic mass is 9.74. The van der Waals surface area contributed by atoms with Crippen LogP contribution in [0.3, 0.4) is 0 Å². The lowest BCUT2D eigenvalue weighted by molar-refractivity contribution is -0.180. The lowest BCUT2D eigenvalue weighted by Gasteiger charge is -2.47. The van der Waals surface area contributed by atoms with Crippen molar-refractivity contribution >= 4 is 5.90 Å². The van der Waals surface area contributed by atoms with E-state index in [9.17, 15) is 0 Å². The van der Waals surface area contributed by atoms with Gasteiger partial charge in [-0.3, -0.25) is 5.41 Å². The minimum atomic E-state index is -0.377. The summed E-state index contributed by atoms with van der Waals surface area (Å²) in [6, 6.07) is 0. The molecule has 0 aromatic heterocycles. The second-order valence-electron chi connectivity index (χ2n) is 6.01. The molecule has 0 aromatic carbocycles. The molecule has 0 aromatic rings. The zero-order valence-corrected chi connectivity index (χ0v) is 14.0. The Morgan fingerprint density at radius 1 is 1.29 bits per heavy atom. The van der Waals surface area contributed by atoms with Crippen molar-refractivity contribution < 1.29 is 23.7 Å². The number of nitrogens with one attached hydrogen (secondary N) is 1. The van der Waals surface area contributed by atoms with Gasteiger partial charge in [0.05, 0.1) is 32.0 Å². The van der Waals surface area contributed by atoms with Crippen LogP contribution in [0, 0.1) is 10.8 Å². The highest BCUT2D eigenvalue weighted by Gasteiger charge is 2.47. The fraction of sp³-hybridized carbons (Fsp3) is 0.933. The van der Waals surface area contributed by atoms with Gasteiger partial charge in [0.15, 0.2) is 0 Å². The number of ether oxygens (including phenoxy) is 5. The molecule has 124 valence electrons. The Morgan fingerprint density at radius 2 is 1.95 bits per heavy atom. The van der Waals surface area contributed by atoms with Crippen LogP contribution in [-0.2, 0) is 23.7 Å². The molecule has 6 heteroatoms. The first-order valence-electron chi connectivity index (χ1n) is 7.23. The molecule has 1 rings (SSSR count). The molecule has 0 spiro atoms. The smallest absolute Gasteiger partial charge is 0.210 e. The molecule has 0 saturated carbocycles. The molecular formula is C15H29NO5. The molecule has 0 radical (unpaired) electrons. The standard InChI is InChI=1S/C15H29NO5/c1-15(2)12(19-5)8-11(14(16)20-6)21-13(15)7-10(18-4)9-17-3/h10-13,16H,7-9H2,1-6H3/t10-,11-,12+,13+/m0/s1. The maximum Gasteiger partial charge on any atom is 0.210 e. The largest absolute Gasteiger partial charge is 0.483 e. The summed E-state index contributed by atoms with van der Waals surface area (Å²) in [4.78, 5) is 0. The molecular weight excluding hydrogens is 274 g/mol. The average molecular weight is 303 g/mol. The third-order valence-electron chi connectivity index (χ3n) is 4.38. The van der Waals surface area contributed by atoms with Crippen molar-refractivity contribution in [3.63, 3.8) is 0 Å². The second-order valence-corrected chi connectivity index (χ2v) is 6.01. The molecule has 6 nitrogen and oxygen atoms in total.